The van der Waals surface area contributed by atoms with Crippen molar-refractivity contribution in [3.8, 4) is 0 Å². The molecule has 0 aliphatic carbocycles. The Bertz CT molecular complexity index is 200. The zero-order valence-corrected chi connectivity index (χ0v) is 7.12. The minimum absolute atomic E-state index is 0.747. The van der Waals surface area contributed by atoms with Gasteiger partial charge in [-0.2, -0.15) is 30.7 Å². The highest BCUT2D eigenvalue weighted by Crippen LogP contribution is 2.46. The van der Waals surface area contributed by atoms with Crippen LogP contribution >= 0.6 is 0 Å². The molecule has 0 fully saturated rings. The Morgan fingerprint density at radius 3 is 1.73 bits per heavy atom. The highest BCUT2D eigenvalue weighted by Gasteiger charge is 2.72. The second kappa shape index (κ2) is 4.52. The molecule has 0 radical (unpaired) electrons. The fourth-order valence-corrected chi connectivity index (χ4v) is 0.563. The molecule has 0 rings (SSSR count). The number of aliphatic hydroxyl groups excluding tert-OH is 1. The van der Waals surface area contributed by atoms with E-state index in [1.54, 1.807) is 0 Å². The van der Waals surface area contributed by atoms with Crippen molar-refractivity contribution in [3.05, 3.63) is 0 Å². The lowest BCUT2D eigenvalue weighted by molar-refractivity contribution is -0.361. The van der Waals surface area contributed by atoms with Crippen molar-refractivity contribution in [2.45, 2.75) is 18.0 Å². The summed E-state index contributed by atoms with van der Waals surface area (Å²) < 4.78 is 87.2. The third kappa shape index (κ3) is 3.20. The van der Waals surface area contributed by atoms with E-state index < -0.39 is 37.8 Å². The van der Waals surface area contributed by atoms with Gasteiger partial charge in [-0.1, -0.05) is 0 Å². The highest BCUT2D eigenvalue weighted by atomic mass is 19.4. The summed E-state index contributed by atoms with van der Waals surface area (Å²) in [6.07, 6.45) is -6.35. The molecule has 0 saturated heterocycles. The van der Waals surface area contributed by atoms with E-state index in [4.69, 9.17) is 5.11 Å². The Morgan fingerprint density at radius 1 is 0.933 bits per heavy atom. The molecule has 0 bridgehead atoms. The van der Waals surface area contributed by atoms with Gasteiger partial charge in [0.05, 0.1) is 13.2 Å². The lowest BCUT2D eigenvalue weighted by Crippen LogP contribution is -2.54. The van der Waals surface area contributed by atoms with Crippen molar-refractivity contribution < 1.29 is 40.6 Å². The molecule has 0 saturated carbocycles. The largest absolute Gasteiger partial charge is 0.459 e. The van der Waals surface area contributed by atoms with Crippen LogP contribution in [0.2, 0.25) is 0 Å². The van der Waals surface area contributed by atoms with Crippen molar-refractivity contribution in [1.82, 2.24) is 0 Å². The van der Waals surface area contributed by atoms with Crippen LogP contribution in [0.1, 0.15) is 0 Å². The summed E-state index contributed by atoms with van der Waals surface area (Å²) in [6.45, 7) is -3.61. The van der Waals surface area contributed by atoms with E-state index in [-0.39, 0.29) is 0 Å². The summed E-state index contributed by atoms with van der Waals surface area (Å²) in [5.41, 5.74) is 0. The van der Waals surface area contributed by atoms with Gasteiger partial charge in [0, 0.05) is 0 Å². The van der Waals surface area contributed by atoms with Crippen molar-refractivity contribution in [1.29, 1.82) is 0 Å². The average Bonchev–Trinajstić information content (AvgIpc) is 2.02. The third-order valence-electron chi connectivity index (χ3n) is 1.33. The molecule has 1 N–H and O–H groups in total. The number of aliphatic hydroxyl groups is 1. The van der Waals surface area contributed by atoms with Gasteiger partial charge < -0.3 is 9.84 Å². The SMILES string of the molecule is OCCOCC(F)(F)C(F)(F)C(F)(F)F. The van der Waals surface area contributed by atoms with Crippen LogP contribution in [0.5, 0.6) is 0 Å². The van der Waals surface area contributed by atoms with Crippen molar-refractivity contribution in [2.75, 3.05) is 19.8 Å². The molecule has 0 aromatic heterocycles. The predicted molar refractivity (Wildman–Crippen MR) is 33.9 cm³/mol. The topological polar surface area (TPSA) is 29.5 Å². The Labute approximate surface area is 79.6 Å². The van der Waals surface area contributed by atoms with Gasteiger partial charge in [0.25, 0.3) is 0 Å². The summed E-state index contributed by atoms with van der Waals surface area (Å²) in [5, 5.41) is 8.05. The average molecular weight is 244 g/mol. The lowest BCUT2D eigenvalue weighted by Gasteiger charge is -2.27. The Hall–Kier alpha value is -0.570. The van der Waals surface area contributed by atoms with Crippen LogP contribution in [0.3, 0.4) is 0 Å². The highest BCUT2D eigenvalue weighted by molar-refractivity contribution is 4.90. The number of rotatable bonds is 5. The van der Waals surface area contributed by atoms with E-state index in [1.165, 1.54) is 0 Å². The van der Waals surface area contributed by atoms with Gasteiger partial charge in [-0.05, 0) is 0 Å². The number of halogens is 7. The van der Waals surface area contributed by atoms with Crippen LogP contribution in [0.4, 0.5) is 30.7 Å². The molecule has 0 amide bonds. The molecule has 0 atom stereocenters. The van der Waals surface area contributed by atoms with Crippen LogP contribution in [0.25, 0.3) is 0 Å². The second-order valence-electron chi connectivity index (χ2n) is 2.55. The lowest BCUT2D eigenvalue weighted by atomic mass is 10.2. The zero-order valence-electron chi connectivity index (χ0n) is 7.12. The molecular formula is C6H7F7O2. The van der Waals surface area contributed by atoms with E-state index in [0.29, 0.717) is 0 Å². The molecule has 9 heteroatoms. The molecule has 2 nitrogen and oxygen atoms in total. The molecule has 15 heavy (non-hydrogen) atoms. The molecule has 92 valence electrons. The fraction of sp³-hybridized carbons (Fsp3) is 1.00. The Balaban J connectivity index is 4.56. The molecule has 0 aliphatic rings. The zero-order chi connectivity index (χ0) is 12.3. The molecule has 0 unspecified atom stereocenters. The minimum atomic E-state index is -6.35. The van der Waals surface area contributed by atoms with E-state index in [1.807, 2.05) is 0 Å². The van der Waals surface area contributed by atoms with Crippen molar-refractivity contribution in [2.24, 2.45) is 0 Å². The van der Waals surface area contributed by atoms with Gasteiger partial charge >= 0.3 is 18.0 Å². The molecule has 0 aliphatic heterocycles. The first kappa shape index (κ1) is 14.4. The first-order valence-corrected chi connectivity index (χ1v) is 3.57. The normalized spacial score (nSPS) is 14.4. The van der Waals surface area contributed by atoms with Crippen LogP contribution in [0, 0.1) is 0 Å². The first-order chi connectivity index (χ1) is 6.56. The summed E-state index contributed by atoms with van der Waals surface area (Å²) in [4.78, 5) is 0. The Kier molecular flexibility index (Phi) is 4.35. The van der Waals surface area contributed by atoms with Crippen LogP contribution in [0.15, 0.2) is 0 Å². The second-order valence-corrected chi connectivity index (χ2v) is 2.55. The predicted octanol–water partition coefficient (Wildman–Crippen LogP) is 1.83. The molecule has 0 heterocycles. The maximum atomic E-state index is 12.3. The molecule has 0 spiro atoms. The fourth-order valence-electron chi connectivity index (χ4n) is 0.563. The van der Waals surface area contributed by atoms with E-state index >= 15 is 0 Å². The van der Waals surface area contributed by atoms with Gasteiger partial charge in [0.15, 0.2) is 0 Å². The smallest absolute Gasteiger partial charge is 0.394 e. The van der Waals surface area contributed by atoms with E-state index in [9.17, 15) is 30.7 Å². The van der Waals surface area contributed by atoms with Gasteiger partial charge in [0.2, 0.25) is 0 Å². The number of hydrogen-bond acceptors (Lipinski definition) is 2. The molecule has 0 aromatic rings. The molecular weight excluding hydrogens is 237 g/mol. The maximum Gasteiger partial charge on any atom is 0.459 e. The van der Waals surface area contributed by atoms with Crippen LogP contribution in [-0.4, -0.2) is 42.9 Å². The maximum absolute atomic E-state index is 12.3. The van der Waals surface area contributed by atoms with E-state index in [0.717, 1.165) is 0 Å². The summed E-state index contributed by atoms with van der Waals surface area (Å²) >= 11 is 0. The van der Waals surface area contributed by atoms with Crippen LogP contribution in [-0.2, 0) is 4.74 Å². The monoisotopic (exact) mass is 244 g/mol. The van der Waals surface area contributed by atoms with Gasteiger partial charge in [0.1, 0.15) is 6.61 Å². The van der Waals surface area contributed by atoms with Crippen LogP contribution < -0.4 is 0 Å². The van der Waals surface area contributed by atoms with Crippen molar-refractivity contribution >= 4 is 0 Å². The Morgan fingerprint density at radius 2 is 1.40 bits per heavy atom. The summed E-state index contributed by atoms with van der Waals surface area (Å²) in [6, 6.07) is 0. The molecule has 0 aromatic carbocycles. The standard InChI is InChI=1S/C6H7F7O2/c7-4(8,3-15-2-1-14)5(9,10)6(11,12)13/h14H,1-3H2. The van der Waals surface area contributed by atoms with Gasteiger partial charge in [-0.15, -0.1) is 0 Å². The van der Waals surface area contributed by atoms with Gasteiger partial charge in [-0.25, -0.2) is 0 Å². The summed E-state index contributed by atoms with van der Waals surface area (Å²) in [5.74, 6) is -11.5. The summed E-state index contributed by atoms with van der Waals surface area (Å²) in [7, 11) is 0. The number of ether oxygens (including phenoxy) is 1. The van der Waals surface area contributed by atoms with Gasteiger partial charge in [-0.3, -0.25) is 0 Å². The first-order valence-electron chi connectivity index (χ1n) is 3.57. The number of alkyl halides is 7. The number of hydrogen-bond donors (Lipinski definition) is 1. The quantitative estimate of drug-likeness (QED) is 0.590. The minimum Gasteiger partial charge on any atom is -0.394 e. The van der Waals surface area contributed by atoms with E-state index in [2.05, 4.69) is 4.74 Å². The van der Waals surface area contributed by atoms with Crippen molar-refractivity contribution in [3.63, 3.8) is 0 Å². The third-order valence-corrected chi connectivity index (χ3v) is 1.33.